The minimum Gasteiger partial charge on any atom is -0.361 e. The van der Waals surface area contributed by atoms with Crippen LogP contribution in [0.5, 0.6) is 0 Å². The second-order valence-electron chi connectivity index (χ2n) is 7.23. The van der Waals surface area contributed by atoms with E-state index in [2.05, 4.69) is 72.3 Å². The molecule has 2 heteroatoms. The van der Waals surface area contributed by atoms with Gasteiger partial charge < -0.3 is 10.3 Å². The first kappa shape index (κ1) is 16.0. The van der Waals surface area contributed by atoms with E-state index in [1.165, 1.54) is 48.6 Å². The zero-order chi connectivity index (χ0) is 17.3. The minimum absolute atomic E-state index is 0.0990. The fraction of sp³-hybridized carbons (Fsp3) is 0.304. The SMILES string of the molecule is C=C(Nc1cccc2[nH]ccc12)C1(c2ccc(CCCC)cc2)CC1. The maximum atomic E-state index is 4.40. The maximum Gasteiger partial charge on any atom is 0.0477 e. The van der Waals surface area contributed by atoms with E-state index in [1.54, 1.807) is 0 Å². The Morgan fingerprint density at radius 2 is 1.92 bits per heavy atom. The van der Waals surface area contributed by atoms with E-state index in [-0.39, 0.29) is 5.41 Å². The van der Waals surface area contributed by atoms with Crippen LogP contribution in [0.25, 0.3) is 10.9 Å². The quantitative estimate of drug-likeness (QED) is 0.533. The largest absolute Gasteiger partial charge is 0.361 e. The van der Waals surface area contributed by atoms with Crippen molar-refractivity contribution in [1.82, 2.24) is 4.98 Å². The lowest BCUT2D eigenvalue weighted by Crippen LogP contribution is -2.16. The summed E-state index contributed by atoms with van der Waals surface area (Å²) in [5.41, 5.74) is 6.34. The van der Waals surface area contributed by atoms with E-state index in [0.29, 0.717) is 0 Å². The number of aromatic nitrogens is 1. The second kappa shape index (κ2) is 6.44. The van der Waals surface area contributed by atoms with Crippen molar-refractivity contribution in [2.75, 3.05) is 5.32 Å². The van der Waals surface area contributed by atoms with Crippen molar-refractivity contribution in [1.29, 1.82) is 0 Å². The van der Waals surface area contributed by atoms with E-state index < -0.39 is 0 Å². The van der Waals surface area contributed by atoms with Crippen LogP contribution in [0.4, 0.5) is 5.69 Å². The monoisotopic (exact) mass is 330 g/mol. The first-order valence-corrected chi connectivity index (χ1v) is 9.35. The van der Waals surface area contributed by atoms with Gasteiger partial charge in [-0.3, -0.25) is 0 Å². The molecule has 0 saturated heterocycles. The summed E-state index contributed by atoms with van der Waals surface area (Å²) < 4.78 is 0. The lowest BCUT2D eigenvalue weighted by atomic mass is 9.91. The number of benzene rings is 2. The summed E-state index contributed by atoms with van der Waals surface area (Å²) in [6.07, 6.45) is 8.03. The Bertz CT molecular complexity index is 882. The molecule has 1 aromatic heterocycles. The Labute approximate surface area is 150 Å². The third-order valence-electron chi connectivity index (χ3n) is 5.53. The minimum atomic E-state index is 0.0990. The van der Waals surface area contributed by atoms with Crippen molar-refractivity contribution >= 4 is 16.6 Å². The average Bonchev–Trinajstić information content (AvgIpc) is 3.31. The van der Waals surface area contributed by atoms with Gasteiger partial charge in [-0.2, -0.15) is 0 Å². The van der Waals surface area contributed by atoms with E-state index in [4.69, 9.17) is 0 Å². The van der Waals surface area contributed by atoms with Crippen LogP contribution in [0, 0.1) is 0 Å². The van der Waals surface area contributed by atoms with Crippen molar-refractivity contribution in [3.8, 4) is 0 Å². The molecular weight excluding hydrogens is 304 g/mol. The van der Waals surface area contributed by atoms with Crippen molar-refractivity contribution < 1.29 is 0 Å². The molecule has 1 fully saturated rings. The van der Waals surface area contributed by atoms with Crippen molar-refractivity contribution in [3.05, 3.63) is 78.1 Å². The number of unbranched alkanes of at least 4 members (excludes halogenated alkanes) is 1. The Morgan fingerprint density at radius 1 is 1.12 bits per heavy atom. The van der Waals surface area contributed by atoms with Crippen molar-refractivity contribution in [3.63, 3.8) is 0 Å². The molecule has 0 bridgehead atoms. The number of hydrogen-bond acceptors (Lipinski definition) is 1. The topological polar surface area (TPSA) is 27.8 Å². The van der Waals surface area contributed by atoms with Crippen molar-refractivity contribution in [2.45, 2.75) is 44.4 Å². The predicted molar refractivity (Wildman–Crippen MR) is 107 cm³/mol. The lowest BCUT2D eigenvalue weighted by molar-refractivity contribution is 0.790. The number of hydrogen-bond donors (Lipinski definition) is 2. The van der Waals surface area contributed by atoms with Gasteiger partial charge in [0.1, 0.15) is 0 Å². The zero-order valence-electron chi connectivity index (χ0n) is 14.9. The first-order valence-electron chi connectivity index (χ1n) is 9.35. The molecule has 128 valence electrons. The van der Waals surface area contributed by atoms with Gasteiger partial charge in [-0.05, 0) is 55.0 Å². The van der Waals surface area contributed by atoms with Gasteiger partial charge in [0.05, 0.1) is 0 Å². The molecule has 3 aromatic rings. The molecule has 0 unspecified atom stereocenters. The van der Waals surface area contributed by atoms with E-state index >= 15 is 0 Å². The van der Waals surface area contributed by atoms with Crippen LogP contribution in [-0.4, -0.2) is 4.98 Å². The number of aromatic amines is 1. The van der Waals surface area contributed by atoms with E-state index in [9.17, 15) is 0 Å². The van der Waals surface area contributed by atoms with Gasteiger partial charge >= 0.3 is 0 Å². The normalized spacial score (nSPS) is 15.2. The second-order valence-corrected chi connectivity index (χ2v) is 7.23. The number of anilines is 1. The number of fused-ring (bicyclic) bond motifs is 1. The predicted octanol–water partition coefficient (Wildman–Crippen LogP) is 6.17. The third kappa shape index (κ3) is 2.97. The van der Waals surface area contributed by atoms with Crippen LogP contribution in [0.2, 0.25) is 0 Å². The highest BCUT2D eigenvalue weighted by atomic mass is 14.9. The maximum absolute atomic E-state index is 4.40. The van der Waals surface area contributed by atoms with Crippen LogP contribution < -0.4 is 5.32 Å². The van der Waals surface area contributed by atoms with Gasteiger partial charge in [0.2, 0.25) is 0 Å². The summed E-state index contributed by atoms with van der Waals surface area (Å²) in [6, 6.07) is 17.6. The molecule has 25 heavy (non-hydrogen) atoms. The first-order chi connectivity index (χ1) is 12.2. The number of allylic oxidation sites excluding steroid dienone is 1. The average molecular weight is 330 g/mol. The summed E-state index contributed by atoms with van der Waals surface area (Å²) in [5, 5.41) is 4.82. The highest BCUT2D eigenvalue weighted by Crippen LogP contribution is 2.53. The van der Waals surface area contributed by atoms with E-state index in [1.807, 2.05) is 6.20 Å². The third-order valence-corrected chi connectivity index (χ3v) is 5.53. The molecular formula is C23H26N2. The van der Waals surface area contributed by atoms with Gasteiger partial charge in [-0.25, -0.2) is 0 Å². The Morgan fingerprint density at radius 3 is 2.64 bits per heavy atom. The fourth-order valence-corrected chi connectivity index (χ4v) is 3.74. The molecule has 1 aliphatic rings. The standard InChI is InChI=1S/C23H26N2/c1-3-4-6-18-9-11-19(12-10-18)23(14-15-23)17(2)25-22-8-5-7-21-20(22)13-16-24-21/h5,7-13,16,24-25H,2-4,6,14-15H2,1H3. The Kier molecular flexibility index (Phi) is 4.12. The summed E-state index contributed by atoms with van der Waals surface area (Å²) in [6.45, 7) is 6.65. The van der Waals surface area contributed by atoms with Crippen LogP contribution in [0.15, 0.2) is 67.0 Å². The molecule has 1 heterocycles. The highest BCUT2D eigenvalue weighted by molar-refractivity contribution is 5.92. The van der Waals surface area contributed by atoms with Crippen LogP contribution in [-0.2, 0) is 11.8 Å². The summed E-state index contributed by atoms with van der Waals surface area (Å²) in [7, 11) is 0. The number of H-pyrrole nitrogens is 1. The van der Waals surface area contributed by atoms with Crippen molar-refractivity contribution in [2.24, 2.45) is 0 Å². The molecule has 2 aromatic carbocycles. The van der Waals surface area contributed by atoms with Gasteiger partial charge in [0.15, 0.2) is 0 Å². The van der Waals surface area contributed by atoms with Crippen LogP contribution in [0.3, 0.4) is 0 Å². The molecule has 0 spiro atoms. The smallest absolute Gasteiger partial charge is 0.0477 e. The molecule has 0 amide bonds. The van der Waals surface area contributed by atoms with Crippen LogP contribution in [0.1, 0.15) is 43.7 Å². The van der Waals surface area contributed by atoms with E-state index in [0.717, 1.165) is 16.9 Å². The molecule has 0 aliphatic heterocycles. The summed E-state index contributed by atoms with van der Waals surface area (Å²) in [4.78, 5) is 3.27. The fourth-order valence-electron chi connectivity index (χ4n) is 3.74. The number of aryl methyl sites for hydroxylation is 1. The molecule has 2 N–H and O–H groups in total. The number of nitrogens with one attached hydrogen (secondary N) is 2. The lowest BCUT2D eigenvalue weighted by Gasteiger charge is -2.21. The summed E-state index contributed by atoms with van der Waals surface area (Å²) >= 11 is 0. The number of rotatable bonds is 7. The molecule has 2 nitrogen and oxygen atoms in total. The Hall–Kier alpha value is -2.48. The van der Waals surface area contributed by atoms with Gasteiger partial charge in [-0.15, -0.1) is 0 Å². The zero-order valence-corrected chi connectivity index (χ0v) is 14.9. The molecule has 4 rings (SSSR count). The Balaban J connectivity index is 1.54. The van der Waals surface area contributed by atoms with Gasteiger partial charge in [0.25, 0.3) is 0 Å². The molecule has 0 atom stereocenters. The van der Waals surface area contributed by atoms with Gasteiger partial charge in [0, 0.05) is 33.9 Å². The summed E-state index contributed by atoms with van der Waals surface area (Å²) in [5.74, 6) is 0. The molecule has 1 aliphatic carbocycles. The van der Waals surface area contributed by atoms with Crippen LogP contribution >= 0.6 is 0 Å². The van der Waals surface area contributed by atoms with Gasteiger partial charge in [-0.1, -0.05) is 50.3 Å². The molecule has 0 radical (unpaired) electrons. The molecule has 1 saturated carbocycles. The highest BCUT2D eigenvalue weighted by Gasteiger charge is 2.47.